The number of amides is 1. The van der Waals surface area contributed by atoms with Gasteiger partial charge in [0.1, 0.15) is 5.75 Å². The number of carbonyl (C=O) groups is 1. The highest BCUT2D eigenvalue weighted by molar-refractivity contribution is 5.90. The van der Waals surface area contributed by atoms with Crippen LogP contribution in [0.15, 0.2) is 54.6 Å². The van der Waals surface area contributed by atoms with E-state index in [-0.39, 0.29) is 0 Å². The lowest BCUT2D eigenvalue weighted by molar-refractivity contribution is 0.151. The molecule has 6 nitrogen and oxygen atoms in total. The highest BCUT2D eigenvalue weighted by Crippen LogP contribution is 2.32. The van der Waals surface area contributed by atoms with E-state index in [1.165, 1.54) is 16.0 Å². The van der Waals surface area contributed by atoms with E-state index < -0.39 is 6.09 Å². The molecule has 0 spiro atoms. The number of hydrogen-bond acceptors (Lipinski definition) is 3. The molecule has 1 aliphatic heterocycles. The molecule has 2 N–H and O–H groups in total. The number of aromatic nitrogens is 1. The Morgan fingerprint density at radius 3 is 2.86 bits per heavy atom. The van der Waals surface area contributed by atoms with Gasteiger partial charge in [-0.2, -0.15) is 0 Å². The van der Waals surface area contributed by atoms with Crippen molar-refractivity contribution in [2.75, 3.05) is 40.3 Å². The fourth-order valence-electron chi connectivity index (χ4n) is 3.72. The number of likely N-dealkylation sites (N-methyl/N-ethyl adjacent to an activating group) is 1. The zero-order valence-electron chi connectivity index (χ0n) is 16.7. The van der Waals surface area contributed by atoms with Crippen LogP contribution < -0.4 is 4.74 Å². The van der Waals surface area contributed by atoms with Crippen molar-refractivity contribution in [1.82, 2.24) is 14.8 Å². The van der Waals surface area contributed by atoms with E-state index >= 15 is 0 Å². The second-order valence-corrected chi connectivity index (χ2v) is 7.35. The second-order valence-electron chi connectivity index (χ2n) is 7.35. The number of rotatable bonds is 6. The number of carboxylic acid groups (broad SMARTS) is 1. The molecular formula is C23H25N3O3. The molecule has 0 atom stereocenters. The van der Waals surface area contributed by atoms with E-state index in [4.69, 9.17) is 9.84 Å². The summed E-state index contributed by atoms with van der Waals surface area (Å²) in [6, 6.07) is 16.6. The van der Waals surface area contributed by atoms with Gasteiger partial charge in [0, 0.05) is 49.7 Å². The standard InChI is InChI=1S/C23H25N3O3/c1-25(23(27)28)11-12-26-10-9-17(15-26)16-7-8-20-18(13-16)14-21(24-20)19-5-3-4-6-22(19)29-2/h3-9,13-14,24H,10-12,15H2,1-2H3,(H,27,28). The maximum Gasteiger partial charge on any atom is 0.407 e. The quantitative estimate of drug-likeness (QED) is 0.662. The molecule has 150 valence electrons. The maximum absolute atomic E-state index is 10.9. The monoisotopic (exact) mass is 391 g/mol. The minimum Gasteiger partial charge on any atom is -0.496 e. The summed E-state index contributed by atoms with van der Waals surface area (Å²) in [5.74, 6) is 0.847. The maximum atomic E-state index is 10.9. The number of fused-ring (bicyclic) bond motifs is 1. The molecule has 1 aliphatic rings. The molecule has 1 amide bonds. The summed E-state index contributed by atoms with van der Waals surface area (Å²) in [4.78, 5) is 18.0. The molecule has 29 heavy (non-hydrogen) atoms. The van der Waals surface area contributed by atoms with Crippen molar-refractivity contribution in [3.63, 3.8) is 0 Å². The van der Waals surface area contributed by atoms with E-state index in [1.807, 2.05) is 18.2 Å². The van der Waals surface area contributed by atoms with Crippen molar-refractivity contribution in [3.8, 4) is 17.0 Å². The molecule has 0 saturated carbocycles. The van der Waals surface area contributed by atoms with Crippen LogP contribution in [0.1, 0.15) is 5.56 Å². The minimum absolute atomic E-state index is 0.509. The predicted octanol–water partition coefficient (Wildman–Crippen LogP) is 4.15. The van der Waals surface area contributed by atoms with E-state index in [2.05, 4.69) is 46.3 Å². The van der Waals surface area contributed by atoms with Gasteiger partial charge in [-0.3, -0.25) is 4.90 Å². The zero-order chi connectivity index (χ0) is 20.4. The first-order valence-electron chi connectivity index (χ1n) is 9.67. The number of nitrogens with one attached hydrogen (secondary N) is 1. The lowest BCUT2D eigenvalue weighted by atomic mass is 10.0. The van der Waals surface area contributed by atoms with Gasteiger partial charge in [0.2, 0.25) is 0 Å². The lowest BCUT2D eigenvalue weighted by Gasteiger charge is -2.19. The van der Waals surface area contributed by atoms with Gasteiger partial charge in [0.05, 0.1) is 12.8 Å². The van der Waals surface area contributed by atoms with Crippen molar-refractivity contribution in [1.29, 1.82) is 0 Å². The van der Waals surface area contributed by atoms with Crippen molar-refractivity contribution >= 4 is 22.6 Å². The summed E-state index contributed by atoms with van der Waals surface area (Å²) >= 11 is 0. The summed E-state index contributed by atoms with van der Waals surface area (Å²) in [6.45, 7) is 2.92. The van der Waals surface area contributed by atoms with Gasteiger partial charge >= 0.3 is 6.09 Å². The van der Waals surface area contributed by atoms with Crippen molar-refractivity contribution in [2.45, 2.75) is 0 Å². The highest BCUT2D eigenvalue weighted by Gasteiger charge is 2.17. The fraction of sp³-hybridized carbons (Fsp3) is 0.261. The van der Waals surface area contributed by atoms with Crippen molar-refractivity contribution in [3.05, 3.63) is 60.2 Å². The smallest absolute Gasteiger partial charge is 0.407 e. The topological polar surface area (TPSA) is 68.8 Å². The van der Waals surface area contributed by atoms with Crippen molar-refractivity contribution in [2.24, 2.45) is 0 Å². The van der Waals surface area contributed by atoms with Crippen LogP contribution in [0, 0.1) is 0 Å². The van der Waals surface area contributed by atoms with Gasteiger partial charge in [-0.05, 0) is 41.5 Å². The molecule has 0 fully saturated rings. The Morgan fingerprint density at radius 2 is 2.07 bits per heavy atom. The van der Waals surface area contributed by atoms with E-state index in [0.717, 1.165) is 47.5 Å². The predicted molar refractivity (Wildman–Crippen MR) is 115 cm³/mol. The molecule has 0 unspecified atom stereocenters. The van der Waals surface area contributed by atoms with Crippen LogP contribution in [0.2, 0.25) is 0 Å². The van der Waals surface area contributed by atoms with E-state index in [1.54, 1.807) is 14.2 Å². The number of hydrogen-bond donors (Lipinski definition) is 2. The van der Waals surface area contributed by atoms with E-state index in [0.29, 0.717) is 6.54 Å². The number of ether oxygens (including phenoxy) is 1. The first kappa shape index (κ1) is 19.1. The third kappa shape index (κ3) is 3.98. The fourth-order valence-corrected chi connectivity index (χ4v) is 3.72. The van der Waals surface area contributed by atoms with Crippen molar-refractivity contribution < 1.29 is 14.6 Å². The average molecular weight is 391 g/mol. The van der Waals surface area contributed by atoms with Gasteiger partial charge in [0.25, 0.3) is 0 Å². The molecule has 2 aromatic carbocycles. The molecule has 0 bridgehead atoms. The summed E-state index contributed by atoms with van der Waals surface area (Å²) < 4.78 is 5.49. The Labute approximate surface area is 170 Å². The molecule has 6 heteroatoms. The van der Waals surface area contributed by atoms with Gasteiger partial charge in [-0.1, -0.05) is 24.3 Å². The van der Waals surface area contributed by atoms with Gasteiger partial charge < -0.3 is 19.7 Å². The summed E-state index contributed by atoms with van der Waals surface area (Å²) in [5, 5.41) is 10.1. The largest absolute Gasteiger partial charge is 0.496 e. The molecule has 1 aromatic heterocycles. The second kappa shape index (κ2) is 8.01. The molecule has 0 aliphatic carbocycles. The average Bonchev–Trinajstić information content (AvgIpc) is 3.38. The van der Waals surface area contributed by atoms with E-state index in [9.17, 15) is 4.79 Å². The summed E-state index contributed by atoms with van der Waals surface area (Å²) in [6.07, 6.45) is 1.34. The number of methoxy groups -OCH3 is 1. The molecular weight excluding hydrogens is 366 g/mol. The third-order valence-corrected chi connectivity index (χ3v) is 5.46. The van der Waals surface area contributed by atoms with Gasteiger partial charge in [-0.15, -0.1) is 0 Å². The Bertz CT molecular complexity index is 1070. The zero-order valence-corrected chi connectivity index (χ0v) is 16.7. The minimum atomic E-state index is -0.888. The number of benzene rings is 2. The van der Waals surface area contributed by atoms with Gasteiger partial charge in [-0.25, -0.2) is 4.79 Å². The van der Waals surface area contributed by atoms with Gasteiger partial charge in [0.15, 0.2) is 0 Å². The summed E-state index contributed by atoms with van der Waals surface area (Å²) in [5.41, 5.74) is 5.66. The SMILES string of the molecule is COc1ccccc1-c1cc2cc(C3=CCN(CCN(C)C(=O)O)C3)ccc2[nH]1. The number of H-pyrrole nitrogens is 1. The van der Waals surface area contributed by atoms with Crippen LogP contribution in [0.5, 0.6) is 5.75 Å². The van der Waals surface area contributed by atoms with Crippen LogP contribution in [0.3, 0.4) is 0 Å². The Balaban J connectivity index is 1.51. The van der Waals surface area contributed by atoms with Crippen LogP contribution in [0.4, 0.5) is 4.79 Å². The molecule has 4 rings (SSSR count). The summed E-state index contributed by atoms with van der Waals surface area (Å²) in [7, 11) is 3.29. The Morgan fingerprint density at radius 1 is 1.24 bits per heavy atom. The first-order valence-corrected chi connectivity index (χ1v) is 9.67. The van der Waals surface area contributed by atoms with Crippen LogP contribution in [0.25, 0.3) is 27.7 Å². The van der Waals surface area contributed by atoms with Crippen LogP contribution >= 0.6 is 0 Å². The molecule has 0 saturated heterocycles. The normalized spacial score (nSPS) is 14.2. The first-order chi connectivity index (χ1) is 14.0. The Kier molecular flexibility index (Phi) is 5.27. The number of para-hydroxylation sites is 1. The third-order valence-electron chi connectivity index (χ3n) is 5.46. The molecule has 3 aromatic rings. The van der Waals surface area contributed by atoms with Crippen LogP contribution in [-0.2, 0) is 0 Å². The molecule has 0 radical (unpaired) electrons. The number of aromatic amines is 1. The lowest BCUT2D eigenvalue weighted by Crippen LogP contribution is -2.34. The molecule has 2 heterocycles. The van der Waals surface area contributed by atoms with Crippen LogP contribution in [-0.4, -0.2) is 66.3 Å². The number of nitrogens with zero attached hydrogens (tertiary/aromatic N) is 2. The highest BCUT2D eigenvalue weighted by atomic mass is 16.5. The Hall–Kier alpha value is -3.25.